The highest BCUT2D eigenvalue weighted by Crippen LogP contribution is 2.16. The Morgan fingerprint density at radius 1 is 0.895 bits per heavy atom. The van der Waals surface area contributed by atoms with Crippen LogP contribution in [0.15, 0.2) is 0 Å². The minimum absolute atomic E-state index is 0.495. The molecule has 6 heteroatoms. The van der Waals surface area contributed by atoms with Gasteiger partial charge >= 0.3 is 0 Å². The average molecular weight is 289 g/mol. The van der Waals surface area contributed by atoms with E-state index < -0.39 is 10.2 Å². The third-order valence-electron chi connectivity index (χ3n) is 4.10. The lowest BCUT2D eigenvalue weighted by Gasteiger charge is -2.18. The first-order valence-electron chi connectivity index (χ1n) is 7.66. The highest BCUT2D eigenvalue weighted by molar-refractivity contribution is 7.87. The van der Waals surface area contributed by atoms with Crippen molar-refractivity contribution in [3.05, 3.63) is 0 Å². The van der Waals surface area contributed by atoms with Crippen molar-refractivity contribution >= 4 is 10.2 Å². The molecule has 0 aromatic heterocycles. The summed E-state index contributed by atoms with van der Waals surface area (Å²) in [7, 11) is -3.23. The van der Waals surface area contributed by atoms with Gasteiger partial charge in [-0.25, -0.2) is 4.72 Å². The lowest BCUT2D eigenvalue weighted by molar-refractivity contribution is 0.446. The van der Waals surface area contributed by atoms with Crippen LogP contribution >= 0.6 is 0 Å². The Hall–Kier alpha value is -0.170. The first-order valence-corrected chi connectivity index (χ1v) is 9.10. The highest BCUT2D eigenvalue weighted by Gasteiger charge is 2.24. The van der Waals surface area contributed by atoms with Gasteiger partial charge in [0.05, 0.1) is 0 Å². The molecule has 0 aromatic rings. The van der Waals surface area contributed by atoms with E-state index in [0.717, 1.165) is 19.4 Å². The second-order valence-corrected chi connectivity index (χ2v) is 7.40. The Morgan fingerprint density at radius 2 is 1.53 bits per heavy atom. The molecule has 112 valence electrons. The van der Waals surface area contributed by atoms with E-state index in [4.69, 9.17) is 0 Å². The minimum Gasteiger partial charge on any atom is -0.313 e. The molecule has 19 heavy (non-hydrogen) atoms. The van der Waals surface area contributed by atoms with Crippen molar-refractivity contribution in [1.82, 2.24) is 14.3 Å². The maximum Gasteiger partial charge on any atom is 0.279 e. The van der Waals surface area contributed by atoms with Gasteiger partial charge in [-0.2, -0.15) is 12.7 Å². The molecule has 0 amide bonds. The van der Waals surface area contributed by atoms with E-state index in [1.54, 1.807) is 4.31 Å². The topological polar surface area (TPSA) is 61.4 Å². The van der Waals surface area contributed by atoms with E-state index >= 15 is 0 Å². The Kier molecular flexibility index (Phi) is 6.06. The predicted molar refractivity (Wildman–Crippen MR) is 77.2 cm³/mol. The molecule has 2 aliphatic rings. The largest absolute Gasteiger partial charge is 0.313 e. The number of hydrogen-bond donors (Lipinski definition) is 2. The van der Waals surface area contributed by atoms with E-state index in [1.165, 1.54) is 38.5 Å². The number of hydrogen-bond acceptors (Lipinski definition) is 3. The Labute approximate surface area is 117 Å². The van der Waals surface area contributed by atoms with Gasteiger partial charge in [-0.15, -0.1) is 0 Å². The standard InChI is InChI=1S/C13H27N3O2S/c17-19(18,16-11-5-6-12-16)15-10-9-14-13-7-3-1-2-4-8-13/h13-15H,1-12H2. The summed E-state index contributed by atoms with van der Waals surface area (Å²) < 4.78 is 28.1. The fourth-order valence-electron chi connectivity index (χ4n) is 2.96. The molecular formula is C13H27N3O2S. The fourth-order valence-corrected chi connectivity index (χ4v) is 4.24. The van der Waals surface area contributed by atoms with Gasteiger partial charge in [-0.05, 0) is 25.7 Å². The first-order chi connectivity index (χ1) is 9.18. The summed E-state index contributed by atoms with van der Waals surface area (Å²) in [6.07, 6.45) is 9.74. The van der Waals surface area contributed by atoms with Crippen LogP contribution in [0.2, 0.25) is 0 Å². The summed E-state index contributed by atoms with van der Waals surface area (Å²) in [6, 6.07) is 0.582. The smallest absolute Gasteiger partial charge is 0.279 e. The molecule has 0 aromatic carbocycles. The predicted octanol–water partition coefficient (Wildman–Crippen LogP) is 1.23. The number of rotatable bonds is 6. The van der Waals surface area contributed by atoms with Gasteiger partial charge in [0.1, 0.15) is 0 Å². The molecule has 1 saturated carbocycles. The molecule has 0 spiro atoms. The molecule has 1 aliphatic carbocycles. The van der Waals surface area contributed by atoms with Crippen LogP contribution in [0, 0.1) is 0 Å². The van der Waals surface area contributed by atoms with Crippen LogP contribution in [0.1, 0.15) is 51.4 Å². The molecule has 5 nitrogen and oxygen atoms in total. The molecular weight excluding hydrogens is 262 g/mol. The van der Waals surface area contributed by atoms with Crippen LogP contribution in [0.5, 0.6) is 0 Å². The lowest BCUT2D eigenvalue weighted by atomic mass is 10.1. The molecule has 1 saturated heterocycles. The van der Waals surface area contributed by atoms with Gasteiger partial charge in [0.15, 0.2) is 0 Å². The molecule has 1 aliphatic heterocycles. The van der Waals surface area contributed by atoms with Crippen LogP contribution in [0.4, 0.5) is 0 Å². The SMILES string of the molecule is O=S(=O)(NCCNC1CCCCCC1)N1CCCC1. The van der Waals surface area contributed by atoms with Gasteiger partial charge < -0.3 is 5.32 Å². The van der Waals surface area contributed by atoms with Gasteiger partial charge in [0.25, 0.3) is 10.2 Å². The minimum atomic E-state index is -3.23. The number of nitrogens with one attached hydrogen (secondary N) is 2. The van der Waals surface area contributed by atoms with Crippen LogP contribution in [0.25, 0.3) is 0 Å². The van der Waals surface area contributed by atoms with Crippen molar-refractivity contribution in [2.75, 3.05) is 26.2 Å². The van der Waals surface area contributed by atoms with Gasteiger partial charge in [0.2, 0.25) is 0 Å². The maximum atomic E-state index is 11.9. The summed E-state index contributed by atoms with van der Waals surface area (Å²) in [5.74, 6) is 0. The maximum absolute atomic E-state index is 11.9. The zero-order chi connectivity index (χ0) is 13.6. The van der Waals surface area contributed by atoms with Gasteiger partial charge in [-0.1, -0.05) is 25.7 Å². The summed E-state index contributed by atoms with van der Waals surface area (Å²) >= 11 is 0. The van der Waals surface area contributed by atoms with E-state index in [1.807, 2.05) is 0 Å². The normalized spacial score (nSPS) is 23.6. The molecule has 0 atom stereocenters. The molecule has 0 unspecified atom stereocenters. The monoisotopic (exact) mass is 289 g/mol. The lowest BCUT2D eigenvalue weighted by Crippen LogP contribution is -2.43. The molecule has 0 radical (unpaired) electrons. The quantitative estimate of drug-likeness (QED) is 0.571. The third-order valence-corrected chi connectivity index (χ3v) is 5.72. The molecule has 2 rings (SSSR count). The number of nitrogens with zero attached hydrogens (tertiary/aromatic N) is 1. The van der Waals surface area contributed by atoms with E-state index in [2.05, 4.69) is 10.0 Å². The first kappa shape index (κ1) is 15.2. The summed E-state index contributed by atoms with van der Waals surface area (Å²) in [6.45, 7) is 2.57. The average Bonchev–Trinajstić information content (AvgIpc) is 2.81. The van der Waals surface area contributed by atoms with E-state index in [9.17, 15) is 8.42 Å². The fraction of sp³-hybridized carbons (Fsp3) is 1.00. The zero-order valence-corrected chi connectivity index (χ0v) is 12.6. The van der Waals surface area contributed by atoms with Crippen molar-refractivity contribution < 1.29 is 8.42 Å². The van der Waals surface area contributed by atoms with Gasteiger partial charge in [-0.3, -0.25) is 0 Å². The van der Waals surface area contributed by atoms with Crippen molar-refractivity contribution in [3.8, 4) is 0 Å². The highest BCUT2D eigenvalue weighted by atomic mass is 32.2. The molecule has 0 bridgehead atoms. The van der Waals surface area contributed by atoms with Crippen molar-refractivity contribution in [1.29, 1.82) is 0 Å². The molecule has 2 N–H and O–H groups in total. The zero-order valence-electron chi connectivity index (χ0n) is 11.7. The van der Waals surface area contributed by atoms with Crippen LogP contribution in [-0.4, -0.2) is 44.9 Å². The Bertz CT molecular complexity index is 345. The van der Waals surface area contributed by atoms with Gasteiger partial charge in [0, 0.05) is 32.2 Å². The van der Waals surface area contributed by atoms with Crippen molar-refractivity contribution in [2.24, 2.45) is 0 Å². The van der Waals surface area contributed by atoms with E-state index in [0.29, 0.717) is 25.7 Å². The summed E-state index contributed by atoms with van der Waals surface area (Å²) in [5.41, 5.74) is 0. The molecule has 1 heterocycles. The van der Waals surface area contributed by atoms with Crippen LogP contribution in [-0.2, 0) is 10.2 Å². The summed E-state index contributed by atoms with van der Waals surface area (Å²) in [5, 5.41) is 3.48. The molecule has 2 fully saturated rings. The van der Waals surface area contributed by atoms with Crippen LogP contribution in [0.3, 0.4) is 0 Å². The van der Waals surface area contributed by atoms with Crippen molar-refractivity contribution in [3.63, 3.8) is 0 Å². The Morgan fingerprint density at radius 3 is 2.16 bits per heavy atom. The summed E-state index contributed by atoms with van der Waals surface area (Å²) in [4.78, 5) is 0. The second kappa shape index (κ2) is 7.57. The van der Waals surface area contributed by atoms with Crippen LogP contribution < -0.4 is 10.0 Å². The third kappa shape index (κ3) is 5.02. The van der Waals surface area contributed by atoms with Crippen molar-refractivity contribution in [2.45, 2.75) is 57.4 Å². The second-order valence-electron chi connectivity index (χ2n) is 5.65. The Balaban J connectivity index is 1.62. The van der Waals surface area contributed by atoms with E-state index in [-0.39, 0.29) is 0 Å².